The zero-order valence-corrected chi connectivity index (χ0v) is 28.5. The van der Waals surface area contributed by atoms with Gasteiger partial charge in [-0.1, -0.05) is 111 Å². The van der Waals surface area contributed by atoms with Crippen LogP contribution in [-0.4, -0.2) is 42.6 Å². The van der Waals surface area contributed by atoms with E-state index in [0.717, 1.165) is 43.0 Å². The van der Waals surface area contributed by atoms with E-state index >= 15 is 0 Å². The van der Waals surface area contributed by atoms with Gasteiger partial charge in [0.15, 0.2) is 5.96 Å². The molecule has 4 rings (SSSR count). The van der Waals surface area contributed by atoms with Gasteiger partial charge >= 0.3 is 6.03 Å². The zero-order valence-electron chi connectivity index (χ0n) is 28.5. The molecule has 0 bridgehead atoms. The predicted octanol–water partition coefficient (Wildman–Crippen LogP) is 5.73. The summed E-state index contributed by atoms with van der Waals surface area (Å²) in [6.07, 6.45) is 2.29. The fourth-order valence-electron chi connectivity index (χ4n) is 5.73. The number of hydrogen-bond donors (Lipinski definition) is 6. The molecular weight excluding hydrogens is 596 g/mol. The van der Waals surface area contributed by atoms with E-state index in [1.165, 1.54) is 27.8 Å². The fourth-order valence-corrected chi connectivity index (χ4v) is 5.73. The number of nitrogens with two attached hydrogens (primary N) is 1. The Balaban J connectivity index is 1.39. The lowest BCUT2D eigenvalue weighted by molar-refractivity contribution is 0.218. The molecule has 0 saturated carbocycles. The molecule has 2 unspecified atom stereocenters. The van der Waals surface area contributed by atoms with Gasteiger partial charge < -0.3 is 27.0 Å². The van der Waals surface area contributed by atoms with Crippen molar-refractivity contribution in [3.63, 3.8) is 0 Å². The van der Waals surface area contributed by atoms with Gasteiger partial charge in [-0.25, -0.2) is 4.79 Å². The number of nitrogens with one attached hydrogen (secondary N) is 5. The van der Waals surface area contributed by atoms with Crippen molar-refractivity contribution in [1.29, 1.82) is 0 Å². The lowest BCUT2D eigenvalue weighted by Gasteiger charge is -2.33. The summed E-state index contributed by atoms with van der Waals surface area (Å²) in [6, 6.07) is 27.1. The van der Waals surface area contributed by atoms with Gasteiger partial charge in [0.25, 0.3) is 0 Å². The van der Waals surface area contributed by atoms with Crippen LogP contribution in [0.2, 0.25) is 0 Å². The third kappa shape index (κ3) is 11.1. The summed E-state index contributed by atoms with van der Waals surface area (Å²) >= 11 is 0. The topological polar surface area (TPSA) is 119 Å². The van der Waals surface area contributed by atoms with Crippen LogP contribution in [0.15, 0.2) is 121 Å². The number of guanidine groups is 1. The Labute approximate surface area is 286 Å². The van der Waals surface area contributed by atoms with Gasteiger partial charge in [-0.2, -0.15) is 0 Å². The van der Waals surface area contributed by atoms with Crippen LogP contribution >= 0.6 is 0 Å². The lowest BCUT2D eigenvalue weighted by atomic mass is 10.0. The summed E-state index contributed by atoms with van der Waals surface area (Å²) in [5.74, 6) is 0.0846. The van der Waals surface area contributed by atoms with Gasteiger partial charge in [0, 0.05) is 56.4 Å². The van der Waals surface area contributed by atoms with E-state index in [1.807, 2.05) is 13.0 Å². The number of amides is 2. The summed E-state index contributed by atoms with van der Waals surface area (Å²) < 4.78 is 0. The molecule has 3 aromatic rings. The van der Waals surface area contributed by atoms with Crippen LogP contribution in [0.25, 0.3) is 0 Å². The summed E-state index contributed by atoms with van der Waals surface area (Å²) in [5.41, 5.74) is 15.0. The number of aliphatic imine (C=N–C) groups is 1. The quantitative estimate of drug-likeness (QED) is 0.0596. The highest BCUT2D eigenvalue weighted by molar-refractivity contribution is 5.95. The van der Waals surface area contributed by atoms with Gasteiger partial charge in [0.2, 0.25) is 0 Å². The average Bonchev–Trinajstić information content (AvgIpc) is 3.51. The van der Waals surface area contributed by atoms with Gasteiger partial charge in [0.05, 0.1) is 12.1 Å². The zero-order chi connectivity index (χ0) is 34.3. The van der Waals surface area contributed by atoms with Crippen LogP contribution < -0.4 is 32.3 Å². The Bertz CT molecular complexity index is 1520. The van der Waals surface area contributed by atoms with Crippen molar-refractivity contribution in [2.24, 2.45) is 10.7 Å². The standard InChI is InChI=1S/C39H52N8O/c1-6-29(3)41-23-24-43-39(48)46-38(40)42-22-12-17-36(30(4)44-25-32-20-18-28(2)19-21-32)45-31(5)37(33-13-8-7-9-14-33)47-26-34-15-10-11-16-35(34)27-47/h7-11,13-16,18-21,36-37,41,44-45H,3-6,12,17,22-27H2,1-2H3,(H4,40,42,43,46,48). The highest BCUT2D eigenvalue weighted by Gasteiger charge is 2.30. The van der Waals surface area contributed by atoms with Crippen LogP contribution in [0.3, 0.4) is 0 Å². The molecule has 0 spiro atoms. The molecule has 9 nitrogen and oxygen atoms in total. The monoisotopic (exact) mass is 648 g/mol. The van der Waals surface area contributed by atoms with E-state index in [2.05, 4.69) is 136 Å². The van der Waals surface area contributed by atoms with Gasteiger partial charge in [-0.3, -0.25) is 15.2 Å². The Morgan fingerprint density at radius 1 is 0.875 bits per heavy atom. The van der Waals surface area contributed by atoms with Crippen LogP contribution in [-0.2, 0) is 19.6 Å². The third-order valence-corrected chi connectivity index (χ3v) is 8.48. The minimum Gasteiger partial charge on any atom is -0.387 e. The van der Waals surface area contributed by atoms with E-state index in [1.54, 1.807) is 0 Å². The molecule has 9 heteroatoms. The Morgan fingerprint density at radius 3 is 2.19 bits per heavy atom. The molecule has 48 heavy (non-hydrogen) atoms. The smallest absolute Gasteiger partial charge is 0.321 e. The molecule has 7 N–H and O–H groups in total. The maximum absolute atomic E-state index is 12.2. The first-order valence-corrected chi connectivity index (χ1v) is 16.8. The molecule has 1 heterocycles. The van der Waals surface area contributed by atoms with Crippen LogP contribution in [0, 0.1) is 6.92 Å². The number of nitrogens with zero attached hydrogens (tertiary/aromatic N) is 2. The van der Waals surface area contributed by atoms with E-state index in [9.17, 15) is 4.79 Å². The number of hydrogen-bond acceptors (Lipinski definition) is 6. The molecule has 0 fully saturated rings. The minimum atomic E-state index is -0.388. The molecule has 0 aliphatic carbocycles. The Kier molecular flexibility index (Phi) is 13.7. The van der Waals surface area contributed by atoms with Gasteiger partial charge in [-0.15, -0.1) is 0 Å². The highest BCUT2D eigenvalue weighted by Crippen LogP contribution is 2.35. The van der Waals surface area contributed by atoms with E-state index < -0.39 is 0 Å². The number of urea groups is 1. The highest BCUT2D eigenvalue weighted by atomic mass is 16.2. The number of benzene rings is 3. The molecule has 3 aromatic carbocycles. The maximum atomic E-state index is 12.2. The predicted molar refractivity (Wildman–Crippen MR) is 198 cm³/mol. The van der Waals surface area contributed by atoms with Gasteiger partial charge in [-0.05, 0) is 48.4 Å². The first-order chi connectivity index (χ1) is 23.2. The number of rotatable bonds is 18. The van der Waals surface area contributed by atoms with E-state index in [-0.39, 0.29) is 24.1 Å². The summed E-state index contributed by atoms with van der Waals surface area (Å²) in [4.78, 5) is 19.1. The lowest BCUT2D eigenvalue weighted by Crippen LogP contribution is -2.45. The van der Waals surface area contributed by atoms with Crippen molar-refractivity contribution in [2.75, 3.05) is 19.6 Å². The molecule has 1 aliphatic rings. The summed E-state index contributed by atoms with van der Waals surface area (Å²) in [6.45, 7) is 20.9. The SMILES string of the molecule is C=C(CC)NCCNC(=O)NC(N)=NCCCC(NC(=C)C(c1ccccc1)N1Cc2ccccc2C1)C(=C)NCc1ccc(C)cc1. The maximum Gasteiger partial charge on any atom is 0.321 e. The largest absolute Gasteiger partial charge is 0.387 e. The summed E-state index contributed by atoms with van der Waals surface area (Å²) in [5, 5.41) is 15.8. The van der Waals surface area contributed by atoms with Crippen molar-refractivity contribution < 1.29 is 4.79 Å². The third-order valence-electron chi connectivity index (χ3n) is 8.48. The Hall–Kier alpha value is -5.02. The van der Waals surface area contributed by atoms with E-state index in [4.69, 9.17) is 5.73 Å². The van der Waals surface area contributed by atoms with Crippen LogP contribution in [0.4, 0.5) is 4.79 Å². The second kappa shape index (κ2) is 18.4. The normalized spacial score (nSPS) is 13.9. The van der Waals surface area contributed by atoms with Crippen molar-refractivity contribution in [3.8, 4) is 0 Å². The van der Waals surface area contributed by atoms with Gasteiger partial charge in [0.1, 0.15) is 0 Å². The Morgan fingerprint density at radius 2 is 1.52 bits per heavy atom. The number of aryl methyl sites for hydroxylation is 1. The van der Waals surface area contributed by atoms with Crippen molar-refractivity contribution >= 4 is 12.0 Å². The van der Waals surface area contributed by atoms with Crippen molar-refractivity contribution in [3.05, 3.63) is 144 Å². The van der Waals surface area contributed by atoms with E-state index in [0.29, 0.717) is 32.6 Å². The molecule has 2 amide bonds. The van der Waals surface area contributed by atoms with Crippen LogP contribution in [0.5, 0.6) is 0 Å². The van der Waals surface area contributed by atoms with Crippen molar-refractivity contribution in [2.45, 2.75) is 64.8 Å². The molecule has 0 radical (unpaired) electrons. The number of fused-ring (bicyclic) bond motifs is 1. The fraction of sp³-hybridized carbons (Fsp3) is 0.333. The number of allylic oxidation sites excluding steroid dienone is 1. The molecule has 1 aliphatic heterocycles. The molecule has 0 saturated heterocycles. The first kappa shape index (κ1) is 35.8. The second-order valence-corrected chi connectivity index (χ2v) is 12.2. The average molecular weight is 649 g/mol. The number of carbonyl (C=O) groups excluding carboxylic acids is 1. The molecule has 254 valence electrons. The molecule has 0 aromatic heterocycles. The molecule has 2 atom stereocenters. The second-order valence-electron chi connectivity index (χ2n) is 12.2. The summed E-state index contributed by atoms with van der Waals surface area (Å²) in [7, 11) is 0. The van der Waals surface area contributed by atoms with Crippen LogP contribution in [0.1, 0.15) is 60.0 Å². The first-order valence-electron chi connectivity index (χ1n) is 16.8. The number of carbonyl (C=O) groups is 1. The molecular formula is C39H52N8O. The minimum absolute atomic E-state index is 0.0300. The van der Waals surface area contributed by atoms with Crippen molar-refractivity contribution in [1.82, 2.24) is 31.5 Å².